The van der Waals surface area contributed by atoms with Crippen molar-refractivity contribution < 1.29 is 14.3 Å². The number of ether oxygens (including phenoxy) is 2. The number of nitrogens with one attached hydrogen (secondary N) is 2. The number of carbonyl (C=O) groups is 1. The van der Waals surface area contributed by atoms with Crippen molar-refractivity contribution in [3.8, 4) is 11.5 Å². The molecule has 0 atom stereocenters. The lowest BCUT2D eigenvalue weighted by atomic mass is 10.1. The van der Waals surface area contributed by atoms with E-state index in [4.69, 9.17) is 15.2 Å². The Labute approximate surface area is 159 Å². The lowest BCUT2D eigenvalue weighted by Crippen LogP contribution is -2.23. The van der Waals surface area contributed by atoms with Gasteiger partial charge in [-0.15, -0.1) is 0 Å². The molecule has 0 aliphatic carbocycles. The molecule has 0 aromatic heterocycles. The highest BCUT2D eigenvalue weighted by Crippen LogP contribution is 2.29. The van der Waals surface area contributed by atoms with Crippen LogP contribution in [0.2, 0.25) is 0 Å². The van der Waals surface area contributed by atoms with Gasteiger partial charge in [-0.05, 0) is 43.7 Å². The summed E-state index contributed by atoms with van der Waals surface area (Å²) < 4.78 is 11.1. The maximum atomic E-state index is 11.7. The standard InChI is InChI=1S/C20H26N4O3/c1-4-26-16-9-10-18(27-5-2)17(12-16)24-20(21)23-13-14-7-6-8-15(11-14)19(25)22-3/h6-12H,4-5,13H2,1-3H3,(H,22,25)(H3,21,23,24). The third-order valence-electron chi connectivity index (χ3n) is 3.67. The van der Waals surface area contributed by atoms with Gasteiger partial charge in [-0.2, -0.15) is 0 Å². The van der Waals surface area contributed by atoms with Gasteiger partial charge in [0.05, 0.1) is 25.4 Å². The molecule has 0 unspecified atom stereocenters. The molecule has 0 aliphatic heterocycles. The van der Waals surface area contributed by atoms with Crippen molar-refractivity contribution in [1.29, 1.82) is 0 Å². The van der Waals surface area contributed by atoms with Crippen LogP contribution in [0.25, 0.3) is 0 Å². The first-order valence-corrected chi connectivity index (χ1v) is 8.85. The second-order valence-corrected chi connectivity index (χ2v) is 5.63. The molecule has 1 amide bonds. The molecule has 7 nitrogen and oxygen atoms in total. The van der Waals surface area contributed by atoms with Gasteiger partial charge in [0.2, 0.25) is 0 Å². The maximum Gasteiger partial charge on any atom is 0.251 e. The fraction of sp³-hybridized carbons (Fsp3) is 0.300. The number of carbonyl (C=O) groups excluding carboxylic acids is 1. The molecule has 0 heterocycles. The van der Waals surface area contributed by atoms with E-state index in [1.807, 2.05) is 44.2 Å². The molecule has 0 fully saturated rings. The first-order valence-electron chi connectivity index (χ1n) is 8.85. The Morgan fingerprint density at radius 1 is 1.11 bits per heavy atom. The molecule has 27 heavy (non-hydrogen) atoms. The lowest BCUT2D eigenvalue weighted by Gasteiger charge is -2.14. The van der Waals surface area contributed by atoms with E-state index >= 15 is 0 Å². The Kier molecular flexibility index (Phi) is 7.49. The van der Waals surface area contributed by atoms with Crippen LogP contribution in [0.1, 0.15) is 29.8 Å². The fourth-order valence-corrected chi connectivity index (χ4v) is 2.45. The summed E-state index contributed by atoms with van der Waals surface area (Å²) in [5.41, 5.74) is 8.18. The smallest absolute Gasteiger partial charge is 0.251 e. The minimum absolute atomic E-state index is 0.138. The summed E-state index contributed by atoms with van der Waals surface area (Å²) in [6.07, 6.45) is 0. The number of hydrogen-bond acceptors (Lipinski definition) is 4. The molecular formula is C20H26N4O3. The third-order valence-corrected chi connectivity index (χ3v) is 3.67. The van der Waals surface area contributed by atoms with Gasteiger partial charge in [0.15, 0.2) is 5.96 Å². The molecule has 2 aromatic rings. The highest BCUT2D eigenvalue weighted by Gasteiger charge is 2.08. The van der Waals surface area contributed by atoms with Crippen molar-refractivity contribution in [1.82, 2.24) is 5.32 Å². The van der Waals surface area contributed by atoms with E-state index in [1.54, 1.807) is 19.2 Å². The largest absolute Gasteiger partial charge is 0.494 e. The Morgan fingerprint density at radius 2 is 1.89 bits per heavy atom. The van der Waals surface area contributed by atoms with Gasteiger partial charge >= 0.3 is 0 Å². The van der Waals surface area contributed by atoms with E-state index < -0.39 is 0 Å². The molecule has 4 N–H and O–H groups in total. The molecule has 2 aromatic carbocycles. The minimum atomic E-state index is -0.138. The van der Waals surface area contributed by atoms with Gasteiger partial charge in [0.1, 0.15) is 11.5 Å². The van der Waals surface area contributed by atoms with Crippen molar-refractivity contribution in [3.05, 3.63) is 53.6 Å². The van der Waals surface area contributed by atoms with Crippen LogP contribution in [-0.4, -0.2) is 32.1 Å². The number of benzene rings is 2. The molecule has 0 aliphatic rings. The fourth-order valence-electron chi connectivity index (χ4n) is 2.45. The Hall–Kier alpha value is -3.22. The number of anilines is 1. The van der Waals surface area contributed by atoms with Crippen molar-refractivity contribution in [2.75, 3.05) is 25.6 Å². The van der Waals surface area contributed by atoms with Crippen LogP contribution in [0.15, 0.2) is 47.5 Å². The average molecular weight is 370 g/mol. The van der Waals surface area contributed by atoms with E-state index in [0.29, 0.717) is 36.8 Å². The molecule has 0 radical (unpaired) electrons. The number of hydrogen-bond donors (Lipinski definition) is 3. The second kappa shape index (κ2) is 10.1. The number of rotatable bonds is 8. The van der Waals surface area contributed by atoms with Crippen molar-refractivity contribution in [3.63, 3.8) is 0 Å². The van der Waals surface area contributed by atoms with Gasteiger partial charge in [-0.1, -0.05) is 12.1 Å². The van der Waals surface area contributed by atoms with Crippen molar-refractivity contribution >= 4 is 17.6 Å². The normalized spacial score (nSPS) is 11.0. The van der Waals surface area contributed by atoms with Crippen molar-refractivity contribution in [2.45, 2.75) is 20.4 Å². The van der Waals surface area contributed by atoms with E-state index in [9.17, 15) is 4.79 Å². The summed E-state index contributed by atoms with van der Waals surface area (Å²) in [5, 5.41) is 5.66. The number of amides is 1. The first-order chi connectivity index (χ1) is 13.1. The maximum absolute atomic E-state index is 11.7. The highest BCUT2D eigenvalue weighted by atomic mass is 16.5. The molecule has 0 saturated carbocycles. The predicted octanol–water partition coefficient (Wildman–Crippen LogP) is 2.77. The zero-order valence-corrected chi connectivity index (χ0v) is 15.9. The van der Waals surface area contributed by atoms with E-state index in [-0.39, 0.29) is 11.9 Å². The van der Waals surface area contributed by atoms with E-state index in [1.165, 1.54) is 0 Å². The average Bonchev–Trinajstić information content (AvgIpc) is 2.68. The van der Waals surface area contributed by atoms with Crippen LogP contribution in [-0.2, 0) is 6.54 Å². The Morgan fingerprint density at radius 3 is 2.59 bits per heavy atom. The van der Waals surface area contributed by atoms with E-state index in [0.717, 1.165) is 11.3 Å². The molecule has 2 rings (SSSR count). The summed E-state index contributed by atoms with van der Waals surface area (Å²) in [6.45, 7) is 5.28. The zero-order chi connectivity index (χ0) is 19.6. The summed E-state index contributed by atoms with van der Waals surface area (Å²) in [4.78, 5) is 16.1. The third kappa shape index (κ3) is 5.91. The first kappa shape index (κ1) is 20.1. The van der Waals surface area contributed by atoms with E-state index in [2.05, 4.69) is 15.6 Å². The number of nitrogens with two attached hydrogens (primary N) is 1. The molecule has 0 spiro atoms. The Balaban J connectivity index is 2.13. The molecule has 0 saturated heterocycles. The minimum Gasteiger partial charge on any atom is -0.494 e. The van der Waals surface area contributed by atoms with Gasteiger partial charge in [-0.3, -0.25) is 4.79 Å². The Bertz CT molecular complexity index is 806. The van der Waals surface area contributed by atoms with Crippen LogP contribution >= 0.6 is 0 Å². The van der Waals surface area contributed by atoms with Crippen LogP contribution in [0.3, 0.4) is 0 Å². The molecular weight excluding hydrogens is 344 g/mol. The monoisotopic (exact) mass is 370 g/mol. The summed E-state index contributed by atoms with van der Waals surface area (Å²) in [6, 6.07) is 12.7. The molecule has 7 heteroatoms. The highest BCUT2D eigenvalue weighted by molar-refractivity contribution is 5.95. The number of aliphatic imine (C=N–C) groups is 1. The van der Waals surface area contributed by atoms with Gasteiger partial charge in [0, 0.05) is 18.7 Å². The topological polar surface area (TPSA) is 98.0 Å². The second-order valence-electron chi connectivity index (χ2n) is 5.63. The number of nitrogens with zero attached hydrogens (tertiary/aromatic N) is 1. The summed E-state index contributed by atoms with van der Waals surface area (Å²) in [7, 11) is 1.60. The van der Waals surface area contributed by atoms with Crippen LogP contribution in [0.4, 0.5) is 5.69 Å². The zero-order valence-electron chi connectivity index (χ0n) is 15.9. The van der Waals surface area contributed by atoms with Gasteiger partial charge in [0.25, 0.3) is 5.91 Å². The summed E-state index contributed by atoms with van der Waals surface area (Å²) in [5.74, 6) is 1.49. The SMILES string of the molecule is CCOc1ccc(OCC)c(NC(N)=NCc2cccc(C(=O)NC)c2)c1. The predicted molar refractivity (Wildman–Crippen MR) is 108 cm³/mol. The molecule has 144 valence electrons. The summed E-state index contributed by atoms with van der Waals surface area (Å²) >= 11 is 0. The number of guanidine groups is 1. The van der Waals surface area contributed by atoms with Gasteiger partial charge in [-0.25, -0.2) is 4.99 Å². The lowest BCUT2D eigenvalue weighted by molar-refractivity contribution is 0.0963. The van der Waals surface area contributed by atoms with Crippen LogP contribution in [0.5, 0.6) is 11.5 Å². The van der Waals surface area contributed by atoms with Crippen LogP contribution in [0, 0.1) is 0 Å². The van der Waals surface area contributed by atoms with Crippen molar-refractivity contribution in [2.24, 2.45) is 10.7 Å². The quantitative estimate of drug-likeness (QED) is 0.490. The van der Waals surface area contributed by atoms with Gasteiger partial charge < -0.3 is 25.8 Å². The molecule has 0 bridgehead atoms. The van der Waals surface area contributed by atoms with Crippen LogP contribution < -0.4 is 25.8 Å².